The highest BCUT2D eigenvalue weighted by molar-refractivity contribution is 5.87. The van der Waals surface area contributed by atoms with Crippen LogP contribution in [-0.2, 0) is 4.74 Å². The maximum atomic E-state index is 9.24. The fourth-order valence-corrected chi connectivity index (χ4v) is 3.22. The van der Waals surface area contributed by atoms with Crippen LogP contribution >= 0.6 is 0 Å². The summed E-state index contributed by atoms with van der Waals surface area (Å²) in [5.41, 5.74) is 12.1. The van der Waals surface area contributed by atoms with E-state index in [1.807, 2.05) is 30.3 Å². The molecular weight excluding hydrogens is 382 g/mol. The van der Waals surface area contributed by atoms with E-state index in [4.69, 9.17) is 25.8 Å². The molecule has 154 valence electrons. The largest absolute Gasteiger partial charge is 0.398 e. The fourth-order valence-electron chi connectivity index (χ4n) is 3.22. The summed E-state index contributed by atoms with van der Waals surface area (Å²) in [5, 5.41) is 20.0. The number of hydrogen-bond donors (Lipinski definition) is 5. The van der Waals surface area contributed by atoms with Gasteiger partial charge in [0.2, 0.25) is 5.95 Å². The third-order valence-electron chi connectivity index (χ3n) is 4.81. The SMILES string of the molecule is N=Cc1cc(Nc2cc(-c3cccc(NO)c3)nc(N3CCOCC3)n2)ccc1N. The number of nitrogen functional groups attached to an aromatic ring is 1. The molecule has 1 saturated heterocycles. The number of benzene rings is 2. The fraction of sp³-hybridized carbons (Fsp3) is 0.190. The van der Waals surface area contributed by atoms with Crippen molar-refractivity contribution < 1.29 is 9.94 Å². The van der Waals surface area contributed by atoms with Crippen molar-refractivity contribution in [2.75, 3.05) is 47.7 Å². The number of rotatable bonds is 6. The van der Waals surface area contributed by atoms with Gasteiger partial charge in [0, 0.05) is 47.9 Å². The monoisotopic (exact) mass is 405 g/mol. The van der Waals surface area contributed by atoms with Crippen molar-refractivity contribution in [2.45, 2.75) is 0 Å². The van der Waals surface area contributed by atoms with E-state index in [1.165, 1.54) is 6.21 Å². The van der Waals surface area contributed by atoms with Crippen LogP contribution in [0.1, 0.15) is 5.56 Å². The summed E-state index contributed by atoms with van der Waals surface area (Å²) in [6.07, 6.45) is 1.22. The van der Waals surface area contributed by atoms with E-state index in [0.29, 0.717) is 60.7 Å². The lowest BCUT2D eigenvalue weighted by Gasteiger charge is -2.27. The summed E-state index contributed by atoms with van der Waals surface area (Å²) >= 11 is 0. The van der Waals surface area contributed by atoms with Crippen molar-refractivity contribution in [1.29, 1.82) is 5.41 Å². The summed E-state index contributed by atoms with van der Waals surface area (Å²) in [4.78, 5) is 11.5. The molecule has 1 aliphatic rings. The molecule has 2 aromatic carbocycles. The van der Waals surface area contributed by atoms with Crippen molar-refractivity contribution in [3.63, 3.8) is 0 Å². The van der Waals surface area contributed by atoms with E-state index in [-0.39, 0.29) is 0 Å². The topological polar surface area (TPSA) is 132 Å². The van der Waals surface area contributed by atoms with E-state index < -0.39 is 0 Å². The Labute approximate surface area is 174 Å². The lowest BCUT2D eigenvalue weighted by molar-refractivity contribution is 0.122. The van der Waals surface area contributed by atoms with Crippen molar-refractivity contribution in [1.82, 2.24) is 9.97 Å². The van der Waals surface area contributed by atoms with Crippen LogP contribution in [0.5, 0.6) is 0 Å². The van der Waals surface area contributed by atoms with Gasteiger partial charge in [0.25, 0.3) is 0 Å². The molecular formula is C21H23N7O2. The first kappa shape index (κ1) is 19.6. The third kappa shape index (κ3) is 4.32. The van der Waals surface area contributed by atoms with E-state index in [2.05, 4.69) is 15.7 Å². The molecule has 9 nitrogen and oxygen atoms in total. The first-order valence-corrected chi connectivity index (χ1v) is 9.55. The smallest absolute Gasteiger partial charge is 0.228 e. The van der Waals surface area contributed by atoms with Crippen molar-refractivity contribution >= 4 is 35.0 Å². The highest BCUT2D eigenvalue weighted by atomic mass is 16.5. The Balaban J connectivity index is 1.74. The maximum Gasteiger partial charge on any atom is 0.228 e. The van der Waals surface area contributed by atoms with Crippen molar-refractivity contribution in [3.8, 4) is 11.3 Å². The zero-order chi connectivity index (χ0) is 20.9. The second-order valence-corrected chi connectivity index (χ2v) is 6.84. The Bertz CT molecular complexity index is 1050. The zero-order valence-electron chi connectivity index (χ0n) is 16.3. The Hall–Kier alpha value is -3.69. The van der Waals surface area contributed by atoms with Crippen LogP contribution in [0.25, 0.3) is 11.3 Å². The molecule has 0 spiro atoms. The molecule has 1 aromatic heterocycles. The summed E-state index contributed by atoms with van der Waals surface area (Å²) < 4.78 is 5.45. The molecule has 0 unspecified atom stereocenters. The second kappa shape index (κ2) is 8.76. The summed E-state index contributed by atoms with van der Waals surface area (Å²) in [5.74, 6) is 1.22. The highest BCUT2D eigenvalue weighted by Crippen LogP contribution is 2.27. The molecule has 9 heteroatoms. The van der Waals surface area contributed by atoms with Crippen LogP contribution in [0.4, 0.5) is 28.8 Å². The summed E-state index contributed by atoms with van der Waals surface area (Å²) in [6, 6.07) is 14.6. The van der Waals surface area contributed by atoms with E-state index >= 15 is 0 Å². The second-order valence-electron chi connectivity index (χ2n) is 6.84. The molecule has 6 N–H and O–H groups in total. The minimum Gasteiger partial charge on any atom is -0.398 e. The van der Waals surface area contributed by atoms with Crippen molar-refractivity contribution in [3.05, 3.63) is 54.1 Å². The number of nitrogens with one attached hydrogen (secondary N) is 3. The number of aromatic nitrogens is 2. The van der Waals surface area contributed by atoms with Crippen LogP contribution in [-0.4, -0.2) is 47.7 Å². The standard InChI is InChI=1S/C21H23N7O2/c22-13-15-11-16(4-5-18(15)23)24-20-12-19(14-2-1-3-17(10-14)27-29)25-21(26-20)28-6-8-30-9-7-28/h1-5,10-13,22,27,29H,6-9,23H2,(H,24,25,26). The van der Waals surface area contributed by atoms with Gasteiger partial charge in [-0.05, 0) is 30.3 Å². The van der Waals surface area contributed by atoms with Gasteiger partial charge in [0.1, 0.15) is 5.82 Å². The van der Waals surface area contributed by atoms with E-state index in [9.17, 15) is 5.21 Å². The first-order chi connectivity index (χ1) is 14.7. The van der Waals surface area contributed by atoms with Gasteiger partial charge >= 0.3 is 0 Å². The van der Waals surface area contributed by atoms with Gasteiger partial charge in [-0.1, -0.05) is 12.1 Å². The van der Waals surface area contributed by atoms with Gasteiger partial charge in [0.05, 0.1) is 24.6 Å². The molecule has 0 aliphatic carbocycles. The Morgan fingerprint density at radius 3 is 2.67 bits per heavy atom. The zero-order valence-corrected chi connectivity index (χ0v) is 16.3. The Morgan fingerprint density at radius 1 is 1.07 bits per heavy atom. The van der Waals surface area contributed by atoms with Crippen molar-refractivity contribution in [2.24, 2.45) is 0 Å². The lowest BCUT2D eigenvalue weighted by atomic mass is 10.1. The quantitative estimate of drug-likeness (QED) is 0.240. The lowest BCUT2D eigenvalue weighted by Crippen LogP contribution is -2.37. The number of morpholine rings is 1. The normalized spacial score (nSPS) is 13.7. The third-order valence-corrected chi connectivity index (χ3v) is 4.81. The van der Waals surface area contributed by atoms with E-state index in [1.54, 1.807) is 18.2 Å². The minimum atomic E-state index is 0.543. The average molecular weight is 405 g/mol. The Kier molecular flexibility index (Phi) is 5.73. The van der Waals surface area contributed by atoms with Crippen LogP contribution in [0.2, 0.25) is 0 Å². The van der Waals surface area contributed by atoms with Gasteiger partial charge in [-0.15, -0.1) is 0 Å². The number of nitrogens with two attached hydrogens (primary N) is 1. The molecule has 1 fully saturated rings. The molecule has 0 saturated carbocycles. The summed E-state index contributed by atoms with van der Waals surface area (Å²) in [7, 11) is 0. The van der Waals surface area contributed by atoms with Crippen LogP contribution in [0.3, 0.4) is 0 Å². The average Bonchev–Trinajstić information content (AvgIpc) is 2.80. The number of hydrogen-bond acceptors (Lipinski definition) is 9. The molecule has 3 aromatic rings. The molecule has 2 heterocycles. The Morgan fingerprint density at radius 2 is 1.90 bits per heavy atom. The predicted octanol–water partition coefficient (Wildman–Crippen LogP) is 3.10. The summed E-state index contributed by atoms with van der Waals surface area (Å²) in [6.45, 7) is 2.67. The van der Waals surface area contributed by atoms with Gasteiger partial charge in [-0.3, -0.25) is 10.7 Å². The highest BCUT2D eigenvalue weighted by Gasteiger charge is 2.17. The predicted molar refractivity (Wildman–Crippen MR) is 118 cm³/mol. The van der Waals surface area contributed by atoms with Gasteiger partial charge in [-0.2, -0.15) is 4.98 Å². The van der Waals surface area contributed by atoms with Gasteiger partial charge in [-0.25, -0.2) is 4.98 Å². The van der Waals surface area contributed by atoms with Gasteiger partial charge < -0.3 is 26.1 Å². The first-order valence-electron chi connectivity index (χ1n) is 9.55. The molecule has 1 aliphatic heterocycles. The number of ether oxygens (including phenoxy) is 1. The van der Waals surface area contributed by atoms with Crippen LogP contribution in [0, 0.1) is 5.41 Å². The number of anilines is 5. The molecule has 30 heavy (non-hydrogen) atoms. The molecule has 0 bridgehead atoms. The maximum absolute atomic E-state index is 9.24. The van der Waals surface area contributed by atoms with Crippen LogP contribution < -0.4 is 21.4 Å². The van der Waals surface area contributed by atoms with Crippen LogP contribution in [0.15, 0.2) is 48.5 Å². The molecule has 4 rings (SSSR count). The molecule has 0 atom stereocenters. The van der Waals surface area contributed by atoms with Gasteiger partial charge in [0.15, 0.2) is 0 Å². The van der Waals surface area contributed by atoms with E-state index in [0.717, 1.165) is 11.3 Å². The molecule has 0 radical (unpaired) electrons. The molecule has 0 amide bonds. The number of nitrogens with zero attached hydrogens (tertiary/aromatic N) is 3. The minimum absolute atomic E-state index is 0.543.